The molecule has 0 aromatic rings. The zero-order valence-electron chi connectivity index (χ0n) is 14.9. The number of carbonyl (C=O) groups is 2. The van der Waals surface area contributed by atoms with Crippen LogP contribution in [0.3, 0.4) is 0 Å². The summed E-state index contributed by atoms with van der Waals surface area (Å²) in [6, 6.07) is 0. The summed E-state index contributed by atoms with van der Waals surface area (Å²) in [7, 11) is 0. The summed E-state index contributed by atoms with van der Waals surface area (Å²) in [4.78, 5) is 22.5. The van der Waals surface area contributed by atoms with Crippen molar-refractivity contribution in [3.63, 3.8) is 0 Å². The third-order valence-corrected chi connectivity index (χ3v) is 5.21. The van der Waals surface area contributed by atoms with Crippen molar-refractivity contribution in [3.05, 3.63) is 36.0 Å². The molecule has 0 aromatic carbocycles. The fraction of sp³-hybridized carbons (Fsp3) is 0.619. The third kappa shape index (κ3) is 6.62. The van der Waals surface area contributed by atoms with Crippen molar-refractivity contribution < 1.29 is 19.8 Å². The highest BCUT2D eigenvalue weighted by Crippen LogP contribution is 2.29. The molecule has 138 valence electrons. The minimum Gasteiger partial charge on any atom is -0.481 e. The zero-order chi connectivity index (χ0) is 18.1. The summed E-state index contributed by atoms with van der Waals surface area (Å²) < 4.78 is 0. The van der Waals surface area contributed by atoms with Crippen LogP contribution in [0.2, 0.25) is 0 Å². The minimum atomic E-state index is -0.754. The average molecular weight is 346 g/mol. The molecule has 0 spiro atoms. The third-order valence-electron chi connectivity index (χ3n) is 5.21. The number of carbonyl (C=O) groups excluding carboxylic acids is 1. The molecule has 2 atom stereocenters. The Labute approximate surface area is 150 Å². The summed E-state index contributed by atoms with van der Waals surface area (Å²) >= 11 is 0. The van der Waals surface area contributed by atoms with Crippen LogP contribution in [-0.2, 0) is 9.59 Å². The Morgan fingerprint density at radius 1 is 1.20 bits per heavy atom. The van der Waals surface area contributed by atoms with Gasteiger partial charge in [0.25, 0.3) is 0 Å². The Hall–Kier alpha value is -1.68. The molecule has 25 heavy (non-hydrogen) atoms. The van der Waals surface area contributed by atoms with Gasteiger partial charge in [0.15, 0.2) is 5.78 Å². The van der Waals surface area contributed by atoms with Crippen LogP contribution in [0, 0.1) is 11.8 Å². The molecular weight excluding hydrogens is 316 g/mol. The zero-order valence-corrected chi connectivity index (χ0v) is 14.9. The molecule has 4 nitrogen and oxygen atoms in total. The molecule has 2 aliphatic rings. The number of hydrogen-bond acceptors (Lipinski definition) is 3. The van der Waals surface area contributed by atoms with E-state index in [0.29, 0.717) is 12.3 Å². The van der Waals surface area contributed by atoms with Crippen LogP contribution in [0.1, 0.15) is 64.2 Å². The number of aliphatic hydroxyl groups is 1. The first kappa shape index (κ1) is 19.6. The van der Waals surface area contributed by atoms with E-state index in [9.17, 15) is 14.7 Å². The van der Waals surface area contributed by atoms with Gasteiger partial charge < -0.3 is 10.2 Å². The largest absolute Gasteiger partial charge is 0.481 e. The van der Waals surface area contributed by atoms with Gasteiger partial charge in [-0.05, 0) is 44.1 Å². The smallest absolute Gasteiger partial charge is 0.303 e. The number of carboxylic acid groups (broad SMARTS) is 1. The van der Waals surface area contributed by atoms with Crippen LogP contribution in [-0.4, -0.2) is 28.1 Å². The van der Waals surface area contributed by atoms with Crippen LogP contribution in [0.15, 0.2) is 36.0 Å². The van der Waals surface area contributed by atoms with Gasteiger partial charge in [0.2, 0.25) is 0 Å². The number of allylic oxidation sites excluding steroid dienone is 5. The van der Waals surface area contributed by atoms with Crippen LogP contribution in [0.25, 0.3) is 0 Å². The van der Waals surface area contributed by atoms with Gasteiger partial charge in [-0.25, -0.2) is 0 Å². The van der Waals surface area contributed by atoms with Crippen molar-refractivity contribution in [1.29, 1.82) is 0 Å². The van der Waals surface area contributed by atoms with Gasteiger partial charge in [0, 0.05) is 17.9 Å². The molecule has 0 aromatic heterocycles. The molecular formula is C21H30O4. The summed E-state index contributed by atoms with van der Waals surface area (Å²) in [5, 5.41) is 19.0. The van der Waals surface area contributed by atoms with E-state index in [4.69, 9.17) is 5.11 Å². The summed E-state index contributed by atoms with van der Waals surface area (Å²) in [6.07, 6.45) is 18.2. The Morgan fingerprint density at radius 2 is 1.96 bits per heavy atom. The molecule has 2 rings (SSSR count). The molecule has 1 saturated carbocycles. The molecule has 2 N–H and O–H groups in total. The first-order chi connectivity index (χ1) is 12.1. The Bertz CT molecular complexity index is 538. The van der Waals surface area contributed by atoms with Crippen LogP contribution in [0.5, 0.6) is 0 Å². The molecule has 0 saturated heterocycles. The van der Waals surface area contributed by atoms with E-state index in [1.807, 2.05) is 24.3 Å². The molecule has 2 aliphatic carbocycles. The minimum absolute atomic E-state index is 0.0373. The fourth-order valence-electron chi connectivity index (χ4n) is 3.68. The molecule has 1 fully saturated rings. The first-order valence-corrected chi connectivity index (χ1v) is 9.58. The first-order valence-electron chi connectivity index (χ1n) is 9.58. The van der Waals surface area contributed by atoms with E-state index in [1.54, 1.807) is 6.08 Å². The van der Waals surface area contributed by atoms with E-state index >= 15 is 0 Å². The SMILES string of the molecule is O=C(O)CCCCC/C=C1\C(=O)C=CC1/C=C/C(O)C1CCCCC1. The highest BCUT2D eigenvalue weighted by Gasteiger charge is 2.23. The number of hydrogen-bond donors (Lipinski definition) is 2. The second-order valence-corrected chi connectivity index (χ2v) is 7.18. The number of aliphatic carboxylic acids is 1. The van der Waals surface area contributed by atoms with Crippen LogP contribution >= 0.6 is 0 Å². The topological polar surface area (TPSA) is 74.6 Å². The Kier molecular flexibility index (Phi) is 8.13. The molecule has 0 radical (unpaired) electrons. The standard InChI is InChI=1S/C21H30O4/c22-19(17-8-4-3-5-9-17)14-12-16-13-15-20(23)18(16)10-6-1-2-7-11-21(24)25/h10,12-17,19,22H,1-9,11H2,(H,24,25)/b14-12+,18-10-. The van der Waals surface area contributed by atoms with Gasteiger partial charge in [0.1, 0.15) is 0 Å². The number of rotatable bonds is 9. The van der Waals surface area contributed by atoms with E-state index in [-0.39, 0.29) is 18.1 Å². The van der Waals surface area contributed by atoms with E-state index in [1.165, 1.54) is 19.3 Å². The van der Waals surface area contributed by atoms with Gasteiger partial charge in [-0.2, -0.15) is 0 Å². The normalized spacial score (nSPS) is 24.4. The quantitative estimate of drug-likeness (QED) is 0.373. The van der Waals surface area contributed by atoms with Crippen molar-refractivity contribution in [1.82, 2.24) is 0 Å². The van der Waals surface area contributed by atoms with Gasteiger partial charge >= 0.3 is 5.97 Å². The lowest BCUT2D eigenvalue weighted by Gasteiger charge is -2.24. The summed E-state index contributed by atoms with van der Waals surface area (Å²) in [6.45, 7) is 0. The Morgan fingerprint density at radius 3 is 2.68 bits per heavy atom. The molecule has 4 heteroatoms. The maximum absolute atomic E-state index is 12.0. The van der Waals surface area contributed by atoms with Gasteiger partial charge in [0.05, 0.1) is 6.10 Å². The highest BCUT2D eigenvalue weighted by molar-refractivity contribution is 6.07. The highest BCUT2D eigenvalue weighted by atomic mass is 16.4. The second kappa shape index (κ2) is 10.3. The van der Waals surface area contributed by atoms with Crippen LogP contribution in [0.4, 0.5) is 0 Å². The average Bonchev–Trinajstić information content (AvgIpc) is 2.96. The predicted molar refractivity (Wildman–Crippen MR) is 98.2 cm³/mol. The van der Waals surface area contributed by atoms with E-state index in [0.717, 1.165) is 37.7 Å². The van der Waals surface area contributed by atoms with E-state index in [2.05, 4.69) is 0 Å². The molecule has 2 unspecified atom stereocenters. The fourth-order valence-corrected chi connectivity index (χ4v) is 3.68. The number of unbranched alkanes of at least 4 members (excludes halogenated alkanes) is 3. The maximum Gasteiger partial charge on any atom is 0.303 e. The van der Waals surface area contributed by atoms with Gasteiger partial charge in [-0.15, -0.1) is 0 Å². The number of carboxylic acids is 1. The van der Waals surface area contributed by atoms with E-state index < -0.39 is 12.1 Å². The lowest BCUT2D eigenvalue weighted by atomic mass is 9.84. The van der Waals surface area contributed by atoms with Gasteiger partial charge in [-0.3, -0.25) is 9.59 Å². The van der Waals surface area contributed by atoms with Crippen molar-refractivity contribution in [2.45, 2.75) is 70.3 Å². The lowest BCUT2D eigenvalue weighted by Crippen LogP contribution is -2.20. The van der Waals surface area contributed by atoms with Gasteiger partial charge in [-0.1, -0.05) is 50.0 Å². The van der Waals surface area contributed by atoms with Crippen LogP contribution < -0.4 is 0 Å². The Balaban J connectivity index is 1.81. The van der Waals surface area contributed by atoms with Crippen molar-refractivity contribution in [2.75, 3.05) is 0 Å². The monoisotopic (exact) mass is 346 g/mol. The molecule has 0 bridgehead atoms. The maximum atomic E-state index is 12.0. The summed E-state index contributed by atoms with van der Waals surface area (Å²) in [5.41, 5.74) is 0.783. The predicted octanol–water partition coefficient (Wildman–Crippen LogP) is 4.20. The van der Waals surface area contributed by atoms with Crippen molar-refractivity contribution >= 4 is 11.8 Å². The van der Waals surface area contributed by atoms with Crippen molar-refractivity contribution in [2.24, 2.45) is 11.8 Å². The lowest BCUT2D eigenvalue weighted by molar-refractivity contribution is -0.137. The number of aliphatic hydroxyl groups excluding tert-OH is 1. The second-order valence-electron chi connectivity index (χ2n) is 7.18. The number of ketones is 1. The van der Waals surface area contributed by atoms with Crippen molar-refractivity contribution in [3.8, 4) is 0 Å². The summed E-state index contributed by atoms with van der Waals surface area (Å²) in [5.74, 6) is -0.389. The molecule has 0 aliphatic heterocycles. The molecule has 0 heterocycles. The molecule has 0 amide bonds.